The summed E-state index contributed by atoms with van der Waals surface area (Å²) in [5, 5.41) is 55.3. The van der Waals surface area contributed by atoms with Gasteiger partial charge in [0.2, 0.25) is 5.91 Å². The summed E-state index contributed by atoms with van der Waals surface area (Å²) in [6.07, 6.45) is 19.1. The van der Waals surface area contributed by atoms with Gasteiger partial charge in [-0.1, -0.05) is 41.5 Å². The Kier molecular flexibility index (Phi) is 17.3. The molecule has 0 aromatic heterocycles. The van der Waals surface area contributed by atoms with Gasteiger partial charge in [0.15, 0.2) is 5.96 Å². The Morgan fingerprint density at radius 2 is 1.09 bits per heavy atom. The van der Waals surface area contributed by atoms with E-state index < -0.39 is 18.0 Å². The van der Waals surface area contributed by atoms with Crippen molar-refractivity contribution in [2.45, 2.75) is 220 Å². The number of aliphatic imine (C=N–C) groups is 1. The summed E-state index contributed by atoms with van der Waals surface area (Å²) in [5.41, 5.74) is 11.7. The molecule has 0 aliphatic heterocycles. The number of carboxylic acids is 1. The lowest BCUT2D eigenvalue weighted by Gasteiger charge is -2.62. The summed E-state index contributed by atoms with van der Waals surface area (Å²) < 4.78 is 5.19. The largest absolute Gasteiger partial charge is 0.481 e. The van der Waals surface area contributed by atoms with E-state index in [0.717, 1.165) is 83.5 Å². The van der Waals surface area contributed by atoms with Gasteiger partial charge in [-0.15, -0.1) is 0 Å². The molecule has 8 rings (SSSR count). The van der Waals surface area contributed by atoms with E-state index >= 15 is 0 Å². The van der Waals surface area contributed by atoms with Crippen molar-refractivity contribution >= 4 is 23.8 Å². The number of nitrogens with one attached hydrogen (secondary N) is 1. The van der Waals surface area contributed by atoms with Gasteiger partial charge >= 0.3 is 11.9 Å². The van der Waals surface area contributed by atoms with Crippen LogP contribution in [0.4, 0.5) is 0 Å². The predicted molar refractivity (Wildman–Crippen MR) is 268 cm³/mol. The van der Waals surface area contributed by atoms with E-state index in [4.69, 9.17) is 21.3 Å². The van der Waals surface area contributed by atoms with Crippen molar-refractivity contribution in [1.29, 1.82) is 0 Å². The summed E-state index contributed by atoms with van der Waals surface area (Å²) >= 11 is 0. The first-order valence-corrected chi connectivity index (χ1v) is 28.0. The van der Waals surface area contributed by atoms with Gasteiger partial charge in [-0.2, -0.15) is 0 Å². The maximum Gasteiger partial charge on any atom is 0.328 e. The number of carbonyl (C=O) groups is 3. The van der Waals surface area contributed by atoms with Crippen molar-refractivity contribution < 1.29 is 44.7 Å². The second kappa shape index (κ2) is 21.9. The molecule has 0 saturated heterocycles. The summed E-state index contributed by atoms with van der Waals surface area (Å²) in [6, 6.07) is -0.700. The van der Waals surface area contributed by atoms with E-state index in [-0.39, 0.29) is 71.0 Å². The lowest BCUT2D eigenvalue weighted by Crippen LogP contribution is -2.58. The van der Waals surface area contributed by atoms with Crippen LogP contribution >= 0.6 is 0 Å². The van der Waals surface area contributed by atoms with Gasteiger partial charge in [0.25, 0.3) is 0 Å². The number of hydrogen-bond donors (Lipinski definition) is 8. The standard InChI is InChI=1S/C32H56N4O5.C24H40O4/c1-5-41-29(40)25(7-6-16-35-30(33)34)36-27(39)11-8-19(2)22-9-10-23-28-24(13-15-32(22,23)4)31(3)14-12-21(37)17-20(31)18-26(28)38;1-14(4-7-21(27)28)17-5-6-18-22-19(9-11-24(17,18)3)23(2)10-8-16(25)12-15(23)13-20(22)26/h19-26,28,37-38H,5-18H2,1-4H3,(H,36,39)(H4,33,34,35);14-20,22,25-26H,4-13H2,1-3H3,(H,27,28)/t19-,20+,21-,22-,23+,24+,25+,26-,28+,31+,32-;14-,15+,16-,17-,18+,19+,20-,22+,23+,24-/m11/s1. The average molecular weight is 969 g/mol. The maximum absolute atomic E-state index is 13.0. The number of carboxylic acid groups (broad SMARTS) is 1. The predicted octanol–water partition coefficient (Wildman–Crippen LogP) is 7.97. The lowest BCUT2D eigenvalue weighted by atomic mass is 9.43. The molecule has 13 nitrogen and oxygen atoms in total. The Balaban J connectivity index is 0.000000218. The van der Waals surface area contributed by atoms with Gasteiger partial charge in [-0.25, -0.2) is 4.79 Å². The van der Waals surface area contributed by atoms with E-state index in [1.807, 2.05) is 0 Å². The van der Waals surface area contributed by atoms with Gasteiger partial charge < -0.3 is 47.1 Å². The fourth-order valence-electron chi connectivity index (χ4n) is 18.7. The monoisotopic (exact) mass is 969 g/mol. The Morgan fingerprint density at radius 3 is 1.54 bits per heavy atom. The molecule has 69 heavy (non-hydrogen) atoms. The molecule has 8 fully saturated rings. The molecule has 394 valence electrons. The number of amides is 1. The molecule has 1 amide bonds. The number of nitrogens with zero attached hydrogens (tertiary/aromatic N) is 1. The van der Waals surface area contributed by atoms with Crippen LogP contribution in [0, 0.1) is 92.7 Å². The third-order valence-electron chi connectivity index (χ3n) is 22.3. The zero-order chi connectivity index (χ0) is 50.2. The minimum Gasteiger partial charge on any atom is -0.481 e. The van der Waals surface area contributed by atoms with Crippen LogP contribution in [0.25, 0.3) is 0 Å². The number of nitrogens with two attached hydrogens (primary N) is 2. The van der Waals surface area contributed by atoms with Crippen molar-refractivity contribution in [3.63, 3.8) is 0 Å². The number of ether oxygens (including phenoxy) is 1. The zero-order valence-electron chi connectivity index (χ0n) is 43.8. The second-order valence-electron chi connectivity index (χ2n) is 25.7. The number of fused-ring (bicyclic) bond motifs is 10. The van der Waals surface area contributed by atoms with Crippen LogP contribution in [0.1, 0.15) is 190 Å². The Hall–Kier alpha value is -2.48. The number of esters is 1. The molecular formula is C56H96N4O9. The smallest absolute Gasteiger partial charge is 0.328 e. The number of aliphatic carboxylic acids is 1. The lowest BCUT2D eigenvalue weighted by molar-refractivity contribution is -0.174. The van der Waals surface area contributed by atoms with E-state index in [9.17, 15) is 34.8 Å². The molecular weight excluding hydrogens is 873 g/mol. The van der Waals surface area contributed by atoms with E-state index in [0.29, 0.717) is 96.8 Å². The average Bonchev–Trinajstić information content (AvgIpc) is 3.84. The van der Waals surface area contributed by atoms with Crippen LogP contribution in [-0.4, -0.2) is 92.9 Å². The van der Waals surface area contributed by atoms with Crippen LogP contribution in [0.2, 0.25) is 0 Å². The van der Waals surface area contributed by atoms with Gasteiger partial charge in [0.05, 0.1) is 31.0 Å². The van der Waals surface area contributed by atoms with Gasteiger partial charge in [0.1, 0.15) is 6.04 Å². The highest BCUT2D eigenvalue weighted by molar-refractivity contribution is 5.84. The van der Waals surface area contributed by atoms with Crippen molar-refractivity contribution in [3.8, 4) is 0 Å². The van der Waals surface area contributed by atoms with Crippen molar-refractivity contribution in [3.05, 3.63) is 0 Å². The minimum absolute atomic E-state index is 0.0113. The SMILES string of the molecule is CCOC(=O)[C@H](CCCN=C(N)N)NC(=O)CC[C@@H](C)[C@H]1CC[C@H]2[C@@H]3[C@H](O)C[C@@H]4C[C@H](O)CC[C@]4(C)[C@H]3CC[C@]12C.C[C@H](CCC(=O)O)[C@H]1CC[C@H]2[C@@H]3[C@H](O)C[C@@H]4C[C@H](O)CC[C@]4(C)[C@H]3CC[C@]12C. The molecule has 0 bridgehead atoms. The molecule has 8 aliphatic carbocycles. The van der Waals surface area contributed by atoms with Crippen molar-refractivity contribution in [2.75, 3.05) is 13.2 Å². The number of carbonyl (C=O) groups excluding carboxylic acids is 2. The molecule has 0 unspecified atom stereocenters. The first-order valence-electron chi connectivity index (χ1n) is 28.0. The Labute approximate surface area is 414 Å². The Bertz CT molecular complexity index is 1810. The molecule has 0 spiro atoms. The quantitative estimate of drug-likeness (QED) is 0.0339. The van der Waals surface area contributed by atoms with Crippen molar-refractivity contribution in [1.82, 2.24) is 5.32 Å². The number of guanidine groups is 1. The van der Waals surface area contributed by atoms with Gasteiger partial charge in [-0.3, -0.25) is 14.6 Å². The van der Waals surface area contributed by atoms with E-state index in [1.165, 1.54) is 32.1 Å². The topological polar surface area (TPSA) is 238 Å². The number of hydrogen-bond acceptors (Lipinski definition) is 9. The molecule has 0 heterocycles. The second-order valence-corrected chi connectivity index (χ2v) is 25.7. The van der Waals surface area contributed by atoms with Crippen LogP contribution in [0.5, 0.6) is 0 Å². The van der Waals surface area contributed by atoms with Crippen LogP contribution in [0.15, 0.2) is 4.99 Å². The molecule has 0 aromatic carbocycles. The summed E-state index contributed by atoms with van der Waals surface area (Å²) in [5.74, 6) is 4.54. The maximum atomic E-state index is 13.0. The van der Waals surface area contributed by atoms with Crippen LogP contribution in [0.3, 0.4) is 0 Å². The highest BCUT2D eigenvalue weighted by Crippen LogP contribution is 2.70. The third-order valence-corrected chi connectivity index (χ3v) is 22.3. The van der Waals surface area contributed by atoms with E-state index in [1.54, 1.807) is 6.92 Å². The molecule has 0 aromatic rings. The number of aliphatic hydroxyl groups is 4. The highest BCUT2D eigenvalue weighted by atomic mass is 16.5. The van der Waals surface area contributed by atoms with Gasteiger partial charge in [-0.05, 0) is 228 Å². The minimum atomic E-state index is -0.700. The first-order chi connectivity index (χ1) is 32.6. The van der Waals surface area contributed by atoms with Crippen molar-refractivity contribution in [2.24, 2.45) is 109 Å². The summed E-state index contributed by atoms with van der Waals surface area (Å²) in [4.78, 5) is 40.5. The zero-order valence-corrected chi connectivity index (χ0v) is 43.8. The molecule has 21 atom stereocenters. The van der Waals surface area contributed by atoms with Gasteiger partial charge in [0, 0.05) is 19.4 Å². The Morgan fingerprint density at radius 1 is 0.638 bits per heavy atom. The van der Waals surface area contributed by atoms with E-state index in [2.05, 4.69) is 51.9 Å². The molecule has 10 N–H and O–H groups in total. The highest BCUT2D eigenvalue weighted by Gasteiger charge is 2.64. The molecule has 13 heteroatoms. The third kappa shape index (κ3) is 10.9. The normalized spacial score (nSPS) is 44.4. The fourth-order valence-corrected chi connectivity index (χ4v) is 18.7. The summed E-state index contributed by atoms with van der Waals surface area (Å²) in [7, 11) is 0. The molecule has 0 radical (unpaired) electrons. The molecule has 8 saturated carbocycles. The molecule has 8 aliphatic rings. The number of aliphatic hydroxyl groups excluding tert-OH is 4. The number of rotatable bonds is 15. The first kappa shape index (κ1) is 54.3. The summed E-state index contributed by atoms with van der Waals surface area (Å²) in [6.45, 7) is 16.8. The van der Waals surface area contributed by atoms with Crippen LogP contribution in [-0.2, 0) is 19.1 Å². The van der Waals surface area contributed by atoms with Crippen LogP contribution < -0.4 is 16.8 Å². The fraction of sp³-hybridized carbons (Fsp3) is 0.929.